The number of esters is 1. The van der Waals surface area contributed by atoms with Crippen LogP contribution in [0.15, 0.2) is 0 Å². The second kappa shape index (κ2) is 5.68. The summed E-state index contributed by atoms with van der Waals surface area (Å²) in [6, 6.07) is 0. The van der Waals surface area contributed by atoms with Crippen molar-refractivity contribution in [3.63, 3.8) is 0 Å². The van der Waals surface area contributed by atoms with E-state index in [2.05, 4.69) is 20.8 Å². The highest BCUT2D eigenvalue weighted by atomic mass is 16.8. The Kier molecular flexibility index (Phi) is 3.98. The fourth-order valence-electron chi connectivity index (χ4n) is 5.29. The van der Waals surface area contributed by atoms with E-state index in [0.717, 1.165) is 32.1 Å². The summed E-state index contributed by atoms with van der Waals surface area (Å²) in [6.45, 7) is 7.81. The predicted octanol–water partition coefficient (Wildman–Crippen LogP) is 3.40. The lowest BCUT2D eigenvalue weighted by atomic mass is 9.72. The Labute approximate surface area is 144 Å². The minimum atomic E-state index is -0.810. The first kappa shape index (κ1) is 16.8. The van der Waals surface area contributed by atoms with Gasteiger partial charge in [0.2, 0.25) is 5.79 Å². The van der Waals surface area contributed by atoms with Gasteiger partial charge in [0.1, 0.15) is 5.60 Å². The summed E-state index contributed by atoms with van der Waals surface area (Å²) >= 11 is 0. The van der Waals surface area contributed by atoms with Crippen molar-refractivity contribution >= 4 is 5.97 Å². The molecule has 0 bridgehead atoms. The van der Waals surface area contributed by atoms with E-state index in [-0.39, 0.29) is 18.3 Å². The van der Waals surface area contributed by atoms with Crippen LogP contribution in [0.4, 0.5) is 0 Å². The van der Waals surface area contributed by atoms with Crippen LogP contribution < -0.4 is 0 Å². The summed E-state index contributed by atoms with van der Waals surface area (Å²) in [5, 5.41) is 0. The Balaban J connectivity index is 1.68. The molecule has 2 heterocycles. The average Bonchev–Trinajstić information content (AvgIpc) is 3.11. The monoisotopic (exact) mass is 338 g/mol. The van der Waals surface area contributed by atoms with E-state index in [1.165, 1.54) is 6.42 Å². The van der Waals surface area contributed by atoms with Crippen molar-refractivity contribution in [1.82, 2.24) is 0 Å². The normalized spacial score (nSPS) is 44.8. The van der Waals surface area contributed by atoms with Gasteiger partial charge in [-0.25, -0.2) is 0 Å². The van der Waals surface area contributed by atoms with Crippen LogP contribution in [0.2, 0.25) is 0 Å². The van der Waals surface area contributed by atoms with Gasteiger partial charge in [0.15, 0.2) is 5.79 Å². The van der Waals surface area contributed by atoms with Crippen molar-refractivity contribution in [2.75, 3.05) is 13.2 Å². The van der Waals surface area contributed by atoms with Crippen molar-refractivity contribution in [1.29, 1.82) is 0 Å². The third kappa shape index (κ3) is 2.35. The molecular weight excluding hydrogens is 308 g/mol. The second-order valence-corrected chi connectivity index (χ2v) is 8.55. The van der Waals surface area contributed by atoms with Crippen LogP contribution in [-0.2, 0) is 23.7 Å². The van der Waals surface area contributed by atoms with Gasteiger partial charge in [-0.15, -0.1) is 0 Å². The number of carbonyl (C=O) groups is 1. The Hall–Kier alpha value is -0.650. The molecule has 0 aromatic rings. The summed E-state index contributed by atoms with van der Waals surface area (Å²) in [5.41, 5.74) is -0.675. The van der Waals surface area contributed by atoms with Crippen LogP contribution in [0.25, 0.3) is 0 Å². The molecule has 4 atom stereocenters. The maximum atomic E-state index is 12.6. The van der Waals surface area contributed by atoms with Gasteiger partial charge in [0.25, 0.3) is 0 Å². The lowest BCUT2D eigenvalue weighted by Gasteiger charge is -2.55. The first-order valence-corrected chi connectivity index (χ1v) is 9.60. The highest BCUT2D eigenvalue weighted by molar-refractivity contribution is 5.72. The molecule has 0 unspecified atom stereocenters. The largest absolute Gasteiger partial charge is 0.433 e. The summed E-state index contributed by atoms with van der Waals surface area (Å²) in [5.74, 6) is -0.428. The molecule has 3 spiro atoms. The van der Waals surface area contributed by atoms with Gasteiger partial charge in [0.05, 0.1) is 19.6 Å². The SMILES string of the molecule is CC(C)[C@@H]1CC[C@@H](C)[C@]2(C1)OC(=O)C[C@@]1(CCCC13OCCO3)O2. The molecule has 2 aliphatic carbocycles. The van der Waals surface area contributed by atoms with Crippen molar-refractivity contribution in [2.24, 2.45) is 17.8 Å². The Bertz CT molecular complexity index is 506. The predicted molar refractivity (Wildman–Crippen MR) is 87.1 cm³/mol. The first-order chi connectivity index (χ1) is 11.4. The molecular formula is C19H30O5. The second-order valence-electron chi connectivity index (χ2n) is 8.55. The summed E-state index contributed by atoms with van der Waals surface area (Å²) in [6.07, 6.45) is 5.81. The molecule has 24 heavy (non-hydrogen) atoms. The number of hydrogen-bond donors (Lipinski definition) is 0. The summed E-state index contributed by atoms with van der Waals surface area (Å²) in [4.78, 5) is 12.6. The van der Waals surface area contributed by atoms with E-state index in [1.807, 2.05) is 0 Å². The number of fused-ring (bicyclic) bond motifs is 1. The van der Waals surface area contributed by atoms with Crippen molar-refractivity contribution < 1.29 is 23.7 Å². The Morgan fingerprint density at radius 3 is 2.58 bits per heavy atom. The Morgan fingerprint density at radius 2 is 1.88 bits per heavy atom. The first-order valence-electron chi connectivity index (χ1n) is 9.60. The molecule has 0 amide bonds. The van der Waals surface area contributed by atoms with Crippen LogP contribution in [0.5, 0.6) is 0 Å². The van der Waals surface area contributed by atoms with Gasteiger partial charge in [-0.2, -0.15) is 0 Å². The third-order valence-electron chi connectivity index (χ3n) is 6.83. The zero-order valence-electron chi connectivity index (χ0n) is 15.1. The molecule has 2 saturated heterocycles. The lowest BCUT2D eigenvalue weighted by Crippen LogP contribution is -2.65. The van der Waals surface area contributed by atoms with Gasteiger partial charge in [0, 0.05) is 18.8 Å². The molecule has 5 nitrogen and oxygen atoms in total. The third-order valence-corrected chi connectivity index (χ3v) is 6.83. The van der Waals surface area contributed by atoms with E-state index in [9.17, 15) is 4.79 Å². The zero-order chi connectivity index (χ0) is 17.0. The maximum Gasteiger partial charge on any atom is 0.311 e. The molecule has 0 aromatic heterocycles. The van der Waals surface area contributed by atoms with Gasteiger partial charge in [-0.05, 0) is 37.5 Å². The van der Waals surface area contributed by atoms with E-state index < -0.39 is 17.2 Å². The molecule has 136 valence electrons. The van der Waals surface area contributed by atoms with Crippen LogP contribution in [0.1, 0.15) is 65.7 Å². The minimum Gasteiger partial charge on any atom is -0.433 e. The number of hydrogen-bond acceptors (Lipinski definition) is 5. The number of ether oxygens (including phenoxy) is 4. The average molecular weight is 338 g/mol. The smallest absolute Gasteiger partial charge is 0.311 e. The maximum absolute atomic E-state index is 12.6. The fourth-order valence-corrected chi connectivity index (χ4v) is 5.29. The summed E-state index contributed by atoms with van der Waals surface area (Å²) in [7, 11) is 0. The van der Waals surface area contributed by atoms with Crippen LogP contribution in [-0.4, -0.2) is 36.4 Å². The quantitative estimate of drug-likeness (QED) is 0.686. The van der Waals surface area contributed by atoms with E-state index >= 15 is 0 Å². The van der Waals surface area contributed by atoms with Crippen LogP contribution in [0.3, 0.4) is 0 Å². The minimum absolute atomic E-state index is 0.155. The van der Waals surface area contributed by atoms with Crippen LogP contribution in [0, 0.1) is 17.8 Å². The molecule has 4 aliphatic rings. The van der Waals surface area contributed by atoms with Gasteiger partial charge >= 0.3 is 5.97 Å². The standard InChI is InChI=1S/C19H30O5/c1-13(2)15-6-5-14(3)18(11-15)23-16(20)12-17(24-18)7-4-8-19(17)21-9-10-22-19/h13-15H,4-12H2,1-3H3/t14-,15-,17-,18-/m1/s1. The molecule has 0 aromatic carbocycles. The Morgan fingerprint density at radius 1 is 1.12 bits per heavy atom. The lowest BCUT2D eigenvalue weighted by molar-refractivity contribution is -0.387. The van der Waals surface area contributed by atoms with Crippen molar-refractivity contribution in [3.8, 4) is 0 Å². The highest BCUT2D eigenvalue weighted by Gasteiger charge is 2.67. The molecule has 4 rings (SSSR count). The van der Waals surface area contributed by atoms with Crippen molar-refractivity contribution in [3.05, 3.63) is 0 Å². The highest BCUT2D eigenvalue weighted by Crippen LogP contribution is 2.57. The molecule has 4 fully saturated rings. The molecule has 2 aliphatic heterocycles. The van der Waals surface area contributed by atoms with Gasteiger partial charge in [-0.1, -0.05) is 20.8 Å². The molecule has 5 heteroatoms. The van der Waals surface area contributed by atoms with E-state index in [4.69, 9.17) is 18.9 Å². The van der Waals surface area contributed by atoms with Crippen LogP contribution >= 0.6 is 0 Å². The molecule has 2 saturated carbocycles. The number of rotatable bonds is 1. The molecule has 0 N–H and O–H groups in total. The van der Waals surface area contributed by atoms with Gasteiger partial charge < -0.3 is 18.9 Å². The van der Waals surface area contributed by atoms with E-state index in [0.29, 0.717) is 25.0 Å². The number of carbonyl (C=O) groups excluding carboxylic acids is 1. The topological polar surface area (TPSA) is 54.0 Å². The van der Waals surface area contributed by atoms with Gasteiger partial charge in [-0.3, -0.25) is 4.79 Å². The van der Waals surface area contributed by atoms with E-state index in [1.54, 1.807) is 0 Å². The fraction of sp³-hybridized carbons (Fsp3) is 0.947. The van der Waals surface area contributed by atoms with Crippen molar-refractivity contribution in [2.45, 2.75) is 82.9 Å². The summed E-state index contributed by atoms with van der Waals surface area (Å²) < 4.78 is 24.8. The zero-order valence-corrected chi connectivity index (χ0v) is 15.1. The molecule has 0 radical (unpaired) electrons.